The van der Waals surface area contributed by atoms with Crippen molar-refractivity contribution in [3.8, 4) is 5.75 Å². The van der Waals surface area contributed by atoms with E-state index in [-0.39, 0.29) is 23.7 Å². The number of carbonyl (C=O) groups excluding carboxylic acids is 3. The number of amides is 1. The van der Waals surface area contributed by atoms with Crippen LogP contribution in [-0.2, 0) is 19.1 Å². The summed E-state index contributed by atoms with van der Waals surface area (Å²) in [5.41, 5.74) is -0.0652. The van der Waals surface area contributed by atoms with Gasteiger partial charge < -0.3 is 14.8 Å². The molecule has 7 nitrogen and oxygen atoms in total. The smallest absolute Gasteiger partial charge is 0.330 e. The maximum Gasteiger partial charge on any atom is 0.330 e. The van der Waals surface area contributed by atoms with E-state index < -0.39 is 12.1 Å². The van der Waals surface area contributed by atoms with Gasteiger partial charge in [-0.2, -0.15) is 0 Å². The first kappa shape index (κ1) is 23.1. The molecular weight excluding hydrogens is 430 g/mol. The first-order chi connectivity index (χ1) is 15.3. The van der Waals surface area contributed by atoms with Gasteiger partial charge in [-0.15, -0.1) is 11.3 Å². The average Bonchev–Trinajstić information content (AvgIpc) is 2.78. The van der Waals surface area contributed by atoms with Crippen LogP contribution in [0.3, 0.4) is 0 Å². The van der Waals surface area contributed by atoms with E-state index in [1.54, 1.807) is 25.1 Å². The largest absolute Gasteiger partial charge is 0.481 e. The van der Waals surface area contributed by atoms with Crippen LogP contribution in [0.5, 0.6) is 5.75 Å². The monoisotopic (exact) mass is 453 g/mol. The van der Waals surface area contributed by atoms with Gasteiger partial charge in [0.05, 0.1) is 6.61 Å². The van der Waals surface area contributed by atoms with Crippen LogP contribution < -0.4 is 15.5 Å². The number of fused-ring (bicyclic) bond motifs is 2. The van der Waals surface area contributed by atoms with Gasteiger partial charge in [-0.1, -0.05) is 12.1 Å². The second-order valence-corrected chi connectivity index (χ2v) is 8.19. The Hall–Kier alpha value is -3.52. The minimum Gasteiger partial charge on any atom is -0.481 e. The van der Waals surface area contributed by atoms with Crippen LogP contribution in [0.4, 0.5) is 0 Å². The van der Waals surface area contributed by atoms with E-state index in [9.17, 15) is 19.2 Å². The van der Waals surface area contributed by atoms with Gasteiger partial charge in [-0.3, -0.25) is 14.4 Å². The highest BCUT2D eigenvalue weighted by Gasteiger charge is 2.15. The lowest BCUT2D eigenvalue weighted by atomic mass is 10.2. The van der Waals surface area contributed by atoms with E-state index in [1.807, 2.05) is 24.3 Å². The summed E-state index contributed by atoms with van der Waals surface area (Å²) in [5, 5.41) is 3.93. The maximum absolute atomic E-state index is 12.8. The summed E-state index contributed by atoms with van der Waals surface area (Å²) in [6.45, 7) is 3.37. The number of ether oxygens (including phenoxy) is 2. The molecule has 0 aliphatic heterocycles. The third-order valence-corrected chi connectivity index (χ3v) is 5.70. The summed E-state index contributed by atoms with van der Waals surface area (Å²) in [6, 6.07) is 12.7. The zero-order chi connectivity index (χ0) is 23.1. The summed E-state index contributed by atoms with van der Waals surface area (Å²) < 4.78 is 12.4. The van der Waals surface area contributed by atoms with Crippen LogP contribution in [-0.4, -0.2) is 36.9 Å². The molecule has 2 aromatic carbocycles. The molecule has 3 aromatic rings. The molecule has 0 spiro atoms. The van der Waals surface area contributed by atoms with Crippen LogP contribution >= 0.6 is 11.3 Å². The van der Waals surface area contributed by atoms with E-state index in [4.69, 9.17) is 9.47 Å². The van der Waals surface area contributed by atoms with Crippen molar-refractivity contribution in [1.29, 1.82) is 0 Å². The molecule has 8 heteroatoms. The van der Waals surface area contributed by atoms with Crippen molar-refractivity contribution in [3.63, 3.8) is 0 Å². The van der Waals surface area contributed by atoms with Crippen molar-refractivity contribution in [1.82, 2.24) is 5.32 Å². The number of allylic oxidation sites excluding steroid dienone is 1. The first-order valence-electron chi connectivity index (χ1n) is 10.1. The number of carbonyl (C=O) groups is 3. The SMILES string of the molecule is CC(=O)/C=C\C(=O)OCCCNC(=O)C(C)Oc1ccc2sc3ccccc3c(=O)c2c1. The van der Waals surface area contributed by atoms with Gasteiger partial charge in [0, 0.05) is 32.8 Å². The topological polar surface area (TPSA) is 98.8 Å². The van der Waals surface area contributed by atoms with Crippen LogP contribution in [0.1, 0.15) is 20.3 Å². The maximum atomic E-state index is 12.8. The zero-order valence-electron chi connectivity index (χ0n) is 17.8. The molecule has 166 valence electrons. The van der Waals surface area contributed by atoms with Gasteiger partial charge in [-0.25, -0.2) is 4.79 Å². The van der Waals surface area contributed by atoms with Gasteiger partial charge in [0.15, 0.2) is 17.3 Å². The molecule has 0 aliphatic carbocycles. The van der Waals surface area contributed by atoms with Crippen molar-refractivity contribution in [3.05, 3.63) is 64.8 Å². The second kappa shape index (κ2) is 10.7. The molecule has 0 fully saturated rings. The number of esters is 1. The van der Waals surface area contributed by atoms with Gasteiger partial charge in [0.1, 0.15) is 5.75 Å². The molecule has 1 heterocycles. The van der Waals surface area contributed by atoms with Crippen LogP contribution in [0.2, 0.25) is 0 Å². The Morgan fingerprint density at radius 1 is 1.06 bits per heavy atom. The minimum absolute atomic E-state index is 0.0652. The van der Waals surface area contributed by atoms with Crippen molar-refractivity contribution < 1.29 is 23.9 Å². The number of benzene rings is 2. The number of hydrogen-bond acceptors (Lipinski definition) is 7. The molecule has 0 bridgehead atoms. The lowest BCUT2D eigenvalue weighted by Crippen LogP contribution is -2.37. The quantitative estimate of drug-likeness (QED) is 0.231. The molecular formula is C24H23NO6S. The lowest BCUT2D eigenvalue weighted by Gasteiger charge is -2.15. The van der Waals surface area contributed by atoms with Crippen molar-refractivity contribution in [2.75, 3.05) is 13.2 Å². The van der Waals surface area contributed by atoms with Gasteiger partial charge in [-0.05, 0) is 56.7 Å². The molecule has 0 radical (unpaired) electrons. The molecule has 1 N–H and O–H groups in total. The zero-order valence-corrected chi connectivity index (χ0v) is 18.6. The Labute approximate surface area is 188 Å². The Bertz CT molecular complexity index is 1250. The molecule has 0 saturated heterocycles. The van der Waals surface area contributed by atoms with Crippen LogP contribution in [0, 0.1) is 0 Å². The molecule has 0 saturated carbocycles. The van der Waals surface area contributed by atoms with E-state index in [1.165, 1.54) is 18.3 Å². The highest BCUT2D eigenvalue weighted by atomic mass is 32.1. The average molecular weight is 454 g/mol. The Kier molecular flexibility index (Phi) is 7.72. The molecule has 1 atom stereocenters. The van der Waals surface area contributed by atoms with Crippen molar-refractivity contribution in [2.24, 2.45) is 0 Å². The third-order valence-electron chi connectivity index (χ3n) is 4.55. The summed E-state index contributed by atoms with van der Waals surface area (Å²) in [4.78, 5) is 47.2. The van der Waals surface area contributed by atoms with E-state index in [0.717, 1.165) is 21.6 Å². The fourth-order valence-electron chi connectivity index (χ4n) is 2.95. The Balaban J connectivity index is 1.53. The lowest BCUT2D eigenvalue weighted by molar-refractivity contribution is -0.138. The van der Waals surface area contributed by atoms with Gasteiger partial charge >= 0.3 is 5.97 Å². The molecule has 1 unspecified atom stereocenters. The summed E-state index contributed by atoms with van der Waals surface area (Å²) in [6.07, 6.45) is 1.85. The fourth-order valence-corrected chi connectivity index (χ4v) is 4.00. The van der Waals surface area contributed by atoms with Crippen LogP contribution in [0.25, 0.3) is 20.2 Å². The molecule has 1 aromatic heterocycles. The highest BCUT2D eigenvalue weighted by molar-refractivity contribution is 7.24. The van der Waals surface area contributed by atoms with Crippen LogP contribution in [0.15, 0.2) is 59.4 Å². The predicted molar refractivity (Wildman–Crippen MR) is 124 cm³/mol. The third kappa shape index (κ3) is 6.01. The standard InChI is InChI=1S/C24H23NO6S/c1-15(26)8-11-22(27)30-13-5-12-25-24(29)16(2)31-17-9-10-21-19(14-17)23(28)18-6-3-4-7-20(18)32-21/h3-4,6-11,14,16H,5,12-13H2,1-2H3,(H,25,29)/b11-8-. The molecule has 0 aliphatic rings. The Morgan fingerprint density at radius 2 is 1.81 bits per heavy atom. The van der Waals surface area contributed by atoms with Gasteiger partial charge in [0.2, 0.25) is 0 Å². The summed E-state index contributed by atoms with van der Waals surface area (Å²) in [5.74, 6) is -0.733. The summed E-state index contributed by atoms with van der Waals surface area (Å²) in [7, 11) is 0. The number of ketones is 1. The summed E-state index contributed by atoms with van der Waals surface area (Å²) >= 11 is 1.53. The van der Waals surface area contributed by atoms with E-state index in [2.05, 4.69) is 5.32 Å². The van der Waals surface area contributed by atoms with Gasteiger partial charge in [0.25, 0.3) is 5.91 Å². The predicted octanol–water partition coefficient (Wildman–Crippen LogP) is 3.38. The molecule has 3 rings (SSSR count). The highest BCUT2D eigenvalue weighted by Crippen LogP contribution is 2.27. The fraction of sp³-hybridized carbons (Fsp3) is 0.250. The number of nitrogens with one attached hydrogen (secondary N) is 1. The van der Waals surface area contributed by atoms with E-state index in [0.29, 0.717) is 29.5 Å². The number of rotatable bonds is 9. The normalized spacial score (nSPS) is 12.1. The second-order valence-electron chi connectivity index (χ2n) is 7.10. The van der Waals surface area contributed by atoms with Crippen molar-refractivity contribution in [2.45, 2.75) is 26.4 Å². The van der Waals surface area contributed by atoms with Crippen molar-refractivity contribution >= 4 is 49.2 Å². The van der Waals surface area contributed by atoms with E-state index >= 15 is 0 Å². The molecule has 1 amide bonds. The molecule has 32 heavy (non-hydrogen) atoms. The first-order valence-corrected chi connectivity index (χ1v) is 10.9. The Morgan fingerprint density at radius 3 is 2.59 bits per heavy atom. The minimum atomic E-state index is -0.771. The number of hydrogen-bond donors (Lipinski definition) is 1.